The SMILES string of the molecule is O=C(C=Cc1cccs1)N1CCC(CO)C1. The van der Waals surface area contributed by atoms with Crippen molar-refractivity contribution in [2.75, 3.05) is 19.7 Å². The Labute approximate surface area is 99.0 Å². The van der Waals surface area contributed by atoms with Crippen LogP contribution in [0, 0.1) is 5.92 Å². The normalized spacial score (nSPS) is 20.8. The van der Waals surface area contributed by atoms with Gasteiger partial charge in [-0.25, -0.2) is 0 Å². The number of hydrogen-bond acceptors (Lipinski definition) is 3. The van der Waals surface area contributed by atoms with Gasteiger partial charge in [0.1, 0.15) is 0 Å². The summed E-state index contributed by atoms with van der Waals surface area (Å²) in [6, 6.07) is 3.95. The van der Waals surface area contributed by atoms with Gasteiger partial charge in [0.25, 0.3) is 0 Å². The minimum atomic E-state index is 0.0457. The first-order valence-electron chi connectivity index (χ1n) is 5.41. The Bertz CT molecular complexity index is 372. The zero-order chi connectivity index (χ0) is 11.4. The third kappa shape index (κ3) is 2.71. The predicted octanol–water partition coefficient (Wildman–Crippen LogP) is 1.60. The summed E-state index contributed by atoms with van der Waals surface area (Å²) in [6.45, 7) is 1.63. The maximum absolute atomic E-state index is 11.8. The van der Waals surface area contributed by atoms with Gasteiger partial charge in [-0.1, -0.05) is 6.07 Å². The van der Waals surface area contributed by atoms with Crippen LogP contribution in [0.1, 0.15) is 11.3 Å². The number of aliphatic hydroxyl groups is 1. The summed E-state index contributed by atoms with van der Waals surface area (Å²) >= 11 is 1.61. The lowest BCUT2D eigenvalue weighted by molar-refractivity contribution is -0.125. The molecule has 1 unspecified atom stereocenters. The molecule has 1 fully saturated rings. The van der Waals surface area contributed by atoms with Gasteiger partial charge in [0, 0.05) is 36.6 Å². The van der Waals surface area contributed by atoms with Gasteiger partial charge in [0.2, 0.25) is 5.91 Å². The van der Waals surface area contributed by atoms with Crippen LogP contribution in [0.5, 0.6) is 0 Å². The van der Waals surface area contributed by atoms with Gasteiger partial charge in [0.15, 0.2) is 0 Å². The summed E-state index contributed by atoms with van der Waals surface area (Å²) in [5.41, 5.74) is 0. The Morgan fingerprint density at radius 1 is 1.69 bits per heavy atom. The van der Waals surface area contributed by atoms with Gasteiger partial charge in [-0.15, -0.1) is 11.3 Å². The maximum Gasteiger partial charge on any atom is 0.246 e. The van der Waals surface area contributed by atoms with E-state index in [0.29, 0.717) is 6.54 Å². The second-order valence-electron chi connectivity index (χ2n) is 3.97. The Hall–Kier alpha value is -1.13. The molecule has 1 aliphatic rings. The molecule has 0 aromatic carbocycles. The van der Waals surface area contributed by atoms with Crippen molar-refractivity contribution in [1.29, 1.82) is 0 Å². The molecule has 1 saturated heterocycles. The predicted molar refractivity (Wildman–Crippen MR) is 65.1 cm³/mol. The van der Waals surface area contributed by atoms with Crippen molar-refractivity contribution >= 4 is 23.3 Å². The largest absolute Gasteiger partial charge is 0.396 e. The molecule has 0 bridgehead atoms. The van der Waals surface area contributed by atoms with E-state index in [9.17, 15) is 4.79 Å². The molecule has 2 heterocycles. The van der Waals surface area contributed by atoms with Crippen molar-refractivity contribution in [2.45, 2.75) is 6.42 Å². The smallest absolute Gasteiger partial charge is 0.246 e. The lowest BCUT2D eigenvalue weighted by atomic mass is 10.1. The van der Waals surface area contributed by atoms with Crippen molar-refractivity contribution in [2.24, 2.45) is 5.92 Å². The average molecular weight is 237 g/mol. The van der Waals surface area contributed by atoms with Gasteiger partial charge in [0.05, 0.1) is 0 Å². The molecule has 2 rings (SSSR count). The first kappa shape index (κ1) is 11.4. The summed E-state index contributed by atoms with van der Waals surface area (Å²) in [6.07, 6.45) is 4.37. The summed E-state index contributed by atoms with van der Waals surface area (Å²) in [5.74, 6) is 0.309. The number of likely N-dealkylation sites (tertiary alicyclic amines) is 1. The lowest BCUT2D eigenvalue weighted by Gasteiger charge is -2.13. The second-order valence-corrected chi connectivity index (χ2v) is 4.95. The van der Waals surface area contributed by atoms with Crippen LogP contribution >= 0.6 is 11.3 Å². The average Bonchev–Trinajstić information content (AvgIpc) is 2.96. The van der Waals surface area contributed by atoms with E-state index in [0.717, 1.165) is 17.8 Å². The highest BCUT2D eigenvalue weighted by atomic mass is 32.1. The highest BCUT2D eigenvalue weighted by molar-refractivity contribution is 7.10. The standard InChI is InChI=1S/C12H15NO2S/c14-9-10-5-6-13(8-10)12(15)4-3-11-2-1-7-16-11/h1-4,7,10,14H,5-6,8-9H2. The van der Waals surface area contributed by atoms with Gasteiger partial charge in [-0.3, -0.25) is 4.79 Å². The minimum absolute atomic E-state index is 0.0457. The van der Waals surface area contributed by atoms with Crippen LogP contribution in [0.2, 0.25) is 0 Å². The molecule has 1 atom stereocenters. The number of rotatable bonds is 3. The fourth-order valence-corrected chi connectivity index (χ4v) is 2.44. The van der Waals surface area contributed by atoms with Crippen LogP contribution in [0.3, 0.4) is 0 Å². The van der Waals surface area contributed by atoms with Crippen molar-refractivity contribution in [3.63, 3.8) is 0 Å². The molecule has 1 N–H and O–H groups in total. The number of amides is 1. The number of hydrogen-bond donors (Lipinski definition) is 1. The van der Waals surface area contributed by atoms with Crippen LogP contribution < -0.4 is 0 Å². The first-order valence-corrected chi connectivity index (χ1v) is 6.29. The van der Waals surface area contributed by atoms with Crippen molar-refractivity contribution in [3.8, 4) is 0 Å². The van der Waals surface area contributed by atoms with Crippen LogP contribution in [0.15, 0.2) is 23.6 Å². The molecule has 86 valence electrons. The quantitative estimate of drug-likeness (QED) is 0.811. The van der Waals surface area contributed by atoms with E-state index in [2.05, 4.69) is 0 Å². The topological polar surface area (TPSA) is 40.5 Å². The summed E-state index contributed by atoms with van der Waals surface area (Å²) < 4.78 is 0. The lowest BCUT2D eigenvalue weighted by Crippen LogP contribution is -2.27. The monoisotopic (exact) mass is 237 g/mol. The number of carbonyl (C=O) groups is 1. The number of aliphatic hydroxyl groups excluding tert-OH is 1. The minimum Gasteiger partial charge on any atom is -0.396 e. The Morgan fingerprint density at radius 2 is 2.56 bits per heavy atom. The zero-order valence-electron chi connectivity index (χ0n) is 9.00. The van der Waals surface area contributed by atoms with Gasteiger partial charge >= 0.3 is 0 Å². The summed E-state index contributed by atoms with van der Waals surface area (Å²) in [5, 5.41) is 11.0. The molecule has 1 amide bonds. The van der Waals surface area contributed by atoms with E-state index in [-0.39, 0.29) is 18.4 Å². The molecule has 1 aromatic rings. The molecule has 0 spiro atoms. The third-order valence-corrected chi connectivity index (χ3v) is 3.63. The Kier molecular flexibility index (Phi) is 3.74. The van der Waals surface area contributed by atoms with Gasteiger partial charge < -0.3 is 10.0 Å². The Morgan fingerprint density at radius 3 is 3.19 bits per heavy atom. The summed E-state index contributed by atoms with van der Waals surface area (Å²) in [7, 11) is 0. The van der Waals surface area contributed by atoms with Gasteiger partial charge in [-0.2, -0.15) is 0 Å². The van der Waals surface area contributed by atoms with E-state index >= 15 is 0 Å². The van der Waals surface area contributed by atoms with Crippen LogP contribution in [-0.2, 0) is 4.79 Å². The highest BCUT2D eigenvalue weighted by Crippen LogP contribution is 2.16. The fourth-order valence-electron chi connectivity index (χ4n) is 1.83. The van der Waals surface area contributed by atoms with Crippen molar-refractivity contribution in [3.05, 3.63) is 28.5 Å². The van der Waals surface area contributed by atoms with E-state index < -0.39 is 0 Å². The number of carbonyl (C=O) groups excluding carboxylic acids is 1. The van der Waals surface area contributed by atoms with Gasteiger partial charge in [-0.05, 0) is 23.9 Å². The molecular formula is C12H15NO2S. The van der Waals surface area contributed by atoms with Crippen LogP contribution in [0.4, 0.5) is 0 Å². The second kappa shape index (κ2) is 5.27. The molecule has 1 aliphatic heterocycles. The number of thiophene rings is 1. The maximum atomic E-state index is 11.8. The van der Waals surface area contributed by atoms with Crippen molar-refractivity contribution < 1.29 is 9.90 Å². The third-order valence-electron chi connectivity index (χ3n) is 2.79. The molecule has 1 aromatic heterocycles. The highest BCUT2D eigenvalue weighted by Gasteiger charge is 2.23. The molecule has 0 aliphatic carbocycles. The van der Waals surface area contributed by atoms with Crippen LogP contribution in [0.25, 0.3) is 6.08 Å². The zero-order valence-corrected chi connectivity index (χ0v) is 9.82. The van der Waals surface area contributed by atoms with Crippen molar-refractivity contribution in [1.82, 2.24) is 4.90 Å². The summed E-state index contributed by atoms with van der Waals surface area (Å²) in [4.78, 5) is 14.6. The van der Waals surface area contributed by atoms with E-state index in [4.69, 9.17) is 5.11 Å². The van der Waals surface area contributed by atoms with E-state index in [1.165, 1.54) is 0 Å². The fraction of sp³-hybridized carbons (Fsp3) is 0.417. The van der Waals surface area contributed by atoms with E-state index in [1.54, 1.807) is 22.3 Å². The Balaban J connectivity index is 1.89. The molecule has 0 radical (unpaired) electrons. The molecule has 0 saturated carbocycles. The molecule has 16 heavy (non-hydrogen) atoms. The first-order chi connectivity index (χ1) is 7.79. The molecule has 3 nitrogen and oxygen atoms in total. The molecular weight excluding hydrogens is 222 g/mol. The number of nitrogens with zero attached hydrogens (tertiary/aromatic N) is 1. The van der Waals surface area contributed by atoms with E-state index in [1.807, 2.05) is 23.6 Å². The molecule has 4 heteroatoms. The van der Waals surface area contributed by atoms with Crippen LogP contribution in [-0.4, -0.2) is 35.6 Å².